The minimum absolute atomic E-state index is 0.126. The number of halogens is 1. The smallest absolute Gasteiger partial charge is 0.332 e. The summed E-state index contributed by atoms with van der Waals surface area (Å²) in [5.41, 5.74) is 1.28. The van der Waals surface area contributed by atoms with Crippen molar-refractivity contribution in [2.75, 3.05) is 33.0 Å². The van der Waals surface area contributed by atoms with Gasteiger partial charge in [0.1, 0.15) is 12.8 Å². The molecule has 0 amide bonds. The van der Waals surface area contributed by atoms with Crippen LogP contribution in [0, 0.1) is 0 Å². The third kappa shape index (κ3) is 9.59. The second-order valence-electron chi connectivity index (χ2n) is 7.92. The van der Waals surface area contributed by atoms with Gasteiger partial charge in [-0.1, -0.05) is 60.7 Å². The van der Waals surface area contributed by atoms with Crippen molar-refractivity contribution in [3.05, 3.63) is 71.8 Å². The van der Waals surface area contributed by atoms with E-state index in [2.05, 4.69) is 4.90 Å². The van der Waals surface area contributed by atoms with Crippen LogP contribution in [0.5, 0.6) is 0 Å². The number of esters is 1. The van der Waals surface area contributed by atoms with Gasteiger partial charge in [0.05, 0.1) is 25.4 Å². The second kappa shape index (κ2) is 13.2. The number of rotatable bonds is 14. The lowest BCUT2D eigenvalue weighted by atomic mass is 10.0. The maximum atomic E-state index is 15.3. The van der Waals surface area contributed by atoms with E-state index >= 15 is 4.39 Å². The highest BCUT2D eigenvalue weighted by Crippen LogP contribution is 2.21. The van der Waals surface area contributed by atoms with Crippen LogP contribution < -0.4 is 0 Å². The van der Waals surface area contributed by atoms with Crippen LogP contribution in [0.3, 0.4) is 0 Å². The fourth-order valence-corrected chi connectivity index (χ4v) is 3.13. The van der Waals surface area contributed by atoms with Crippen molar-refractivity contribution >= 4 is 5.97 Å². The molecule has 0 aliphatic rings. The van der Waals surface area contributed by atoms with Crippen LogP contribution in [0.25, 0.3) is 0 Å². The summed E-state index contributed by atoms with van der Waals surface area (Å²) < 4.78 is 31.1. The summed E-state index contributed by atoms with van der Waals surface area (Å²) in [5.74, 6) is -0.414. The average Bonchev–Trinajstić information content (AvgIpc) is 2.75. The van der Waals surface area contributed by atoms with Gasteiger partial charge in [-0.15, -0.1) is 0 Å². The van der Waals surface area contributed by atoms with Crippen molar-refractivity contribution in [1.82, 2.24) is 4.90 Å². The highest BCUT2D eigenvalue weighted by atomic mass is 19.1. The molecule has 6 heteroatoms. The summed E-state index contributed by atoms with van der Waals surface area (Å²) in [7, 11) is 0. The summed E-state index contributed by atoms with van der Waals surface area (Å²) in [6.45, 7) is 7.35. The molecule has 5 nitrogen and oxygen atoms in total. The van der Waals surface area contributed by atoms with Gasteiger partial charge in [-0.25, -0.2) is 9.18 Å². The van der Waals surface area contributed by atoms with E-state index in [4.69, 9.17) is 14.2 Å². The normalized spacial score (nSPS) is 12.7. The molecule has 0 aliphatic carbocycles. The lowest BCUT2D eigenvalue weighted by molar-refractivity contribution is -0.150. The molecule has 31 heavy (non-hydrogen) atoms. The first-order chi connectivity index (χ1) is 14.9. The number of carbonyl (C=O) groups excluding carboxylic acids is 1. The number of carbonyl (C=O) groups is 1. The Balaban J connectivity index is 1.89. The molecule has 0 aliphatic heterocycles. The minimum atomic E-state index is -1.20. The van der Waals surface area contributed by atoms with Crippen LogP contribution >= 0.6 is 0 Å². The zero-order valence-corrected chi connectivity index (χ0v) is 18.8. The van der Waals surface area contributed by atoms with Gasteiger partial charge in [0, 0.05) is 19.6 Å². The van der Waals surface area contributed by atoms with Gasteiger partial charge in [-0.2, -0.15) is 0 Å². The molecule has 0 aromatic heterocycles. The highest BCUT2D eigenvalue weighted by Gasteiger charge is 2.32. The Morgan fingerprint density at radius 3 is 2.03 bits per heavy atom. The van der Waals surface area contributed by atoms with E-state index in [-0.39, 0.29) is 26.4 Å². The van der Waals surface area contributed by atoms with E-state index in [1.807, 2.05) is 60.7 Å². The van der Waals surface area contributed by atoms with E-state index < -0.39 is 17.7 Å². The van der Waals surface area contributed by atoms with Crippen molar-refractivity contribution in [2.45, 2.75) is 45.6 Å². The predicted molar refractivity (Wildman–Crippen MR) is 119 cm³/mol. The Bertz CT molecular complexity index is 713. The van der Waals surface area contributed by atoms with E-state index in [1.54, 1.807) is 20.8 Å². The van der Waals surface area contributed by atoms with Crippen LogP contribution in [0.2, 0.25) is 0 Å². The van der Waals surface area contributed by atoms with Gasteiger partial charge in [-0.3, -0.25) is 4.90 Å². The molecule has 0 saturated carbocycles. The molecule has 0 N–H and O–H groups in total. The van der Waals surface area contributed by atoms with Gasteiger partial charge in [-0.05, 0) is 31.9 Å². The Morgan fingerprint density at radius 1 is 0.968 bits per heavy atom. The summed E-state index contributed by atoms with van der Waals surface area (Å²) in [4.78, 5) is 13.4. The van der Waals surface area contributed by atoms with Crippen LogP contribution in [0.4, 0.5) is 4.39 Å². The standard InChI is InChI=1S/C25H34FNO4/c1-4-30-24(28)20-29-15-16-31-25(2,3)23(26)19-27(17-21-11-7-5-8-12-21)18-22-13-9-6-10-14-22/h5-14,23H,4,15-20H2,1-3H3. The first-order valence-electron chi connectivity index (χ1n) is 10.7. The number of alkyl halides is 1. The maximum Gasteiger partial charge on any atom is 0.332 e. The molecule has 2 aromatic rings. The Labute approximate surface area is 185 Å². The molecule has 0 fully saturated rings. The fraction of sp³-hybridized carbons (Fsp3) is 0.480. The number of hydrogen-bond donors (Lipinski definition) is 0. The molecule has 2 aromatic carbocycles. The van der Waals surface area contributed by atoms with Crippen LogP contribution in [-0.4, -0.2) is 55.6 Å². The highest BCUT2D eigenvalue weighted by molar-refractivity contribution is 5.70. The minimum Gasteiger partial charge on any atom is -0.464 e. The van der Waals surface area contributed by atoms with Crippen molar-refractivity contribution < 1.29 is 23.4 Å². The topological polar surface area (TPSA) is 48.0 Å². The first kappa shape index (κ1) is 25.0. The fourth-order valence-electron chi connectivity index (χ4n) is 3.13. The van der Waals surface area contributed by atoms with Crippen molar-refractivity contribution in [3.8, 4) is 0 Å². The first-order valence-corrected chi connectivity index (χ1v) is 10.7. The summed E-state index contributed by atoms with van der Waals surface area (Å²) in [6, 6.07) is 20.1. The monoisotopic (exact) mass is 431 g/mol. The Kier molecular flexibility index (Phi) is 10.6. The molecule has 0 radical (unpaired) electrons. The molecule has 170 valence electrons. The lowest BCUT2D eigenvalue weighted by Crippen LogP contribution is -2.44. The van der Waals surface area contributed by atoms with Crippen LogP contribution in [-0.2, 0) is 32.1 Å². The van der Waals surface area contributed by atoms with Gasteiger partial charge in [0.25, 0.3) is 0 Å². The molecule has 0 spiro atoms. The lowest BCUT2D eigenvalue weighted by Gasteiger charge is -2.33. The van der Waals surface area contributed by atoms with E-state index in [0.29, 0.717) is 19.7 Å². The van der Waals surface area contributed by atoms with E-state index in [0.717, 1.165) is 11.1 Å². The molecule has 0 saturated heterocycles. The molecular weight excluding hydrogens is 397 g/mol. The third-order valence-electron chi connectivity index (χ3n) is 4.90. The van der Waals surface area contributed by atoms with Crippen molar-refractivity contribution in [3.63, 3.8) is 0 Å². The summed E-state index contributed by atoms with van der Waals surface area (Å²) in [5, 5.41) is 0. The maximum absolute atomic E-state index is 15.3. The van der Waals surface area contributed by atoms with Gasteiger partial charge in [0.2, 0.25) is 0 Å². The van der Waals surface area contributed by atoms with E-state index in [9.17, 15) is 4.79 Å². The van der Waals surface area contributed by atoms with Gasteiger partial charge < -0.3 is 14.2 Å². The number of hydrogen-bond acceptors (Lipinski definition) is 5. The van der Waals surface area contributed by atoms with Crippen molar-refractivity contribution in [2.24, 2.45) is 0 Å². The summed E-state index contributed by atoms with van der Waals surface area (Å²) in [6.07, 6.45) is -1.20. The van der Waals surface area contributed by atoms with Crippen LogP contribution in [0.1, 0.15) is 31.9 Å². The number of benzene rings is 2. The quantitative estimate of drug-likeness (QED) is 0.328. The van der Waals surface area contributed by atoms with E-state index in [1.165, 1.54) is 0 Å². The van der Waals surface area contributed by atoms with Crippen LogP contribution in [0.15, 0.2) is 60.7 Å². The predicted octanol–water partition coefficient (Wildman–Crippen LogP) is 4.40. The Morgan fingerprint density at radius 2 is 1.52 bits per heavy atom. The SMILES string of the molecule is CCOC(=O)COCCOC(C)(C)C(F)CN(Cc1ccccc1)Cc1ccccc1. The van der Waals surface area contributed by atoms with Crippen molar-refractivity contribution in [1.29, 1.82) is 0 Å². The van der Waals surface area contributed by atoms with Gasteiger partial charge >= 0.3 is 5.97 Å². The molecule has 1 atom stereocenters. The molecular formula is C25H34FNO4. The summed E-state index contributed by atoms with van der Waals surface area (Å²) >= 11 is 0. The molecule has 0 bridgehead atoms. The second-order valence-corrected chi connectivity index (χ2v) is 7.92. The molecule has 2 rings (SSSR count). The number of nitrogens with zero attached hydrogens (tertiary/aromatic N) is 1. The molecule has 0 heterocycles. The Hall–Kier alpha value is -2.28. The third-order valence-corrected chi connectivity index (χ3v) is 4.90. The largest absolute Gasteiger partial charge is 0.464 e. The number of ether oxygens (including phenoxy) is 3. The average molecular weight is 432 g/mol. The zero-order valence-electron chi connectivity index (χ0n) is 18.8. The van der Waals surface area contributed by atoms with Gasteiger partial charge in [0.15, 0.2) is 0 Å². The molecule has 1 unspecified atom stereocenters. The zero-order chi connectivity index (χ0) is 22.5.